The molecule has 1 aromatic carbocycles. The summed E-state index contributed by atoms with van der Waals surface area (Å²) in [6.45, 7) is 0. The van der Waals surface area contributed by atoms with Gasteiger partial charge in [-0.2, -0.15) is 5.48 Å². The normalized spacial score (nSPS) is 10.9. The van der Waals surface area contributed by atoms with E-state index in [-0.39, 0.29) is 17.3 Å². The van der Waals surface area contributed by atoms with Crippen molar-refractivity contribution in [3.05, 3.63) is 29.8 Å². The van der Waals surface area contributed by atoms with Crippen LogP contribution >= 0.6 is 0 Å². The minimum atomic E-state index is -0.736. The predicted molar refractivity (Wildman–Crippen MR) is 54.2 cm³/mol. The number of hydroxylamine groups is 1. The number of rotatable bonds is 1. The first-order valence-corrected chi connectivity index (χ1v) is 4.12. The van der Waals surface area contributed by atoms with Crippen LogP contribution < -0.4 is 11.2 Å². The van der Waals surface area contributed by atoms with Crippen LogP contribution in [-0.2, 0) is 4.84 Å². The van der Waals surface area contributed by atoms with Gasteiger partial charge in [-0.05, 0) is 12.1 Å². The van der Waals surface area contributed by atoms with E-state index in [2.05, 4.69) is 15.3 Å². The lowest BCUT2D eigenvalue weighted by Crippen LogP contribution is -2.33. The summed E-state index contributed by atoms with van der Waals surface area (Å²) < 4.78 is 0. The van der Waals surface area contributed by atoms with E-state index in [0.717, 1.165) is 0 Å². The lowest BCUT2D eigenvalue weighted by molar-refractivity contribution is 0.0380. The Morgan fingerprint density at radius 2 is 2.20 bits per heavy atom. The van der Waals surface area contributed by atoms with Crippen LogP contribution in [-0.4, -0.2) is 24.1 Å². The van der Waals surface area contributed by atoms with E-state index in [4.69, 9.17) is 5.73 Å². The van der Waals surface area contributed by atoms with Gasteiger partial charge in [0.15, 0.2) is 0 Å². The molecule has 0 saturated carbocycles. The van der Waals surface area contributed by atoms with Crippen molar-refractivity contribution in [2.75, 3.05) is 7.05 Å². The van der Waals surface area contributed by atoms with E-state index < -0.39 is 5.97 Å². The smallest absolute Gasteiger partial charge is 0.366 e. The van der Waals surface area contributed by atoms with Gasteiger partial charge in [-0.3, -0.25) is 4.99 Å². The number of aromatic hydroxyl groups is 1. The Hall–Kier alpha value is -2.24. The number of aliphatic imine (C=N–C) groups is 1. The molecule has 0 spiro atoms. The maximum absolute atomic E-state index is 11.3. The molecule has 0 fully saturated rings. The van der Waals surface area contributed by atoms with Gasteiger partial charge in [0.25, 0.3) is 0 Å². The number of hydrogen-bond donors (Lipinski definition) is 3. The molecule has 0 aliphatic heterocycles. The molecule has 1 aromatic rings. The molecule has 80 valence electrons. The quantitative estimate of drug-likeness (QED) is 0.343. The Bertz CT molecular complexity index is 390. The van der Waals surface area contributed by atoms with Crippen LogP contribution in [0.3, 0.4) is 0 Å². The second-order valence-corrected chi connectivity index (χ2v) is 2.62. The van der Waals surface area contributed by atoms with Crippen LogP contribution in [0.2, 0.25) is 0 Å². The van der Waals surface area contributed by atoms with Crippen molar-refractivity contribution in [1.82, 2.24) is 5.48 Å². The monoisotopic (exact) mass is 209 g/mol. The predicted octanol–water partition coefficient (Wildman–Crippen LogP) is -0.00190. The van der Waals surface area contributed by atoms with Crippen molar-refractivity contribution < 1.29 is 14.7 Å². The van der Waals surface area contributed by atoms with Gasteiger partial charge in [0.2, 0.25) is 5.96 Å². The van der Waals surface area contributed by atoms with Gasteiger partial charge in [0.05, 0.1) is 0 Å². The molecule has 1 rings (SSSR count). The highest BCUT2D eigenvalue weighted by Gasteiger charge is 2.11. The largest absolute Gasteiger partial charge is 0.507 e. The fourth-order valence-electron chi connectivity index (χ4n) is 0.846. The van der Waals surface area contributed by atoms with Crippen molar-refractivity contribution >= 4 is 11.9 Å². The zero-order valence-corrected chi connectivity index (χ0v) is 8.10. The summed E-state index contributed by atoms with van der Waals surface area (Å²) in [6, 6.07) is 6.02. The number of carbonyl (C=O) groups excluding carboxylic acids is 1. The van der Waals surface area contributed by atoms with Crippen LogP contribution in [0.1, 0.15) is 10.4 Å². The third kappa shape index (κ3) is 2.87. The zero-order valence-electron chi connectivity index (χ0n) is 8.10. The molecule has 0 bridgehead atoms. The molecule has 15 heavy (non-hydrogen) atoms. The first kappa shape index (κ1) is 10.8. The van der Waals surface area contributed by atoms with E-state index in [0.29, 0.717) is 0 Å². The van der Waals surface area contributed by atoms with Crippen molar-refractivity contribution in [2.45, 2.75) is 0 Å². The number of para-hydroxylation sites is 1. The van der Waals surface area contributed by atoms with Crippen molar-refractivity contribution in [3.63, 3.8) is 0 Å². The first-order chi connectivity index (χ1) is 7.15. The molecule has 4 N–H and O–H groups in total. The second-order valence-electron chi connectivity index (χ2n) is 2.62. The molecular formula is C9H11N3O3. The topological polar surface area (TPSA) is 96.9 Å². The summed E-state index contributed by atoms with van der Waals surface area (Å²) in [5.41, 5.74) is 7.41. The summed E-state index contributed by atoms with van der Waals surface area (Å²) >= 11 is 0. The SMILES string of the molecule is CN=C(N)NOC(=O)c1ccccc1O. The standard InChI is InChI=1S/C9H11N3O3/c1-11-9(10)12-15-8(14)6-4-2-3-5-7(6)13/h2-5,13H,1H3,(H3,10,11,12). The molecule has 0 radical (unpaired) electrons. The van der Waals surface area contributed by atoms with Crippen LogP contribution in [0.15, 0.2) is 29.3 Å². The molecule has 6 heteroatoms. The number of nitrogens with one attached hydrogen (secondary N) is 1. The third-order valence-electron chi connectivity index (χ3n) is 1.61. The van der Waals surface area contributed by atoms with Gasteiger partial charge in [-0.15, -0.1) is 0 Å². The number of hydrogen-bond acceptors (Lipinski definition) is 4. The molecule has 6 nitrogen and oxygen atoms in total. The van der Waals surface area contributed by atoms with E-state index in [1.165, 1.54) is 19.2 Å². The summed E-state index contributed by atoms with van der Waals surface area (Å²) in [4.78, 5) is 19.4. The lowest BCUT2D eigenvalue weighted by Gasteiger charge is -2.05. The fraction of sp³-hybridized carbons (Fsp3) is 0.111. The van der Waals surface area contributed by atoms with Gasteiger partial charge in [0.1, 0.15) is 11.3 Å². The highest BCUT2D eigenvalue weighted by molar-refractivity contribution is 5.93. The molecule has 0 heterocycles. The summed E-state index contributed by atoms with van der Waals surface area (Å²) in [6.07, 6.45) is 0. The average molecular weight is 209 g/mol. The Kier molecular flexibility index (Phi) is 3.50. The first-order valence-electron chi connectivity index (χ1n) is 4.12. The number of guanidine groups is 1. The number of benzene rings is 1. The second kappa shape index (κ2) is 4.85. The van der Waals surface area contributed by atoms with E-state index in [1.54, 1.807) is 12.1 Å². The van der Waals surface area contributed by atoms with Crippen molar-refractivity contribution in [3.8, 4) is 5.75 Å². The number of nitrogens with zero attached hydrogens (tertiary/aromatic N) is 1. The Balaban J connectivity index is 2.66. The zero-order chi connectivity index (χ0) is 11.3. The Morgan fingerprint density at radius 3 is 2.80 bits per heavy atom. The van der Waals surface area contributed by atoms with Gasteiger partial charge < -0.3 is 15.7 Å². The minimum absolute atomic E-state index is 0.0289. The lowest BCUT2D eigenvalue weighted by atomic mass is 10.2. The summed E-state index contributed by atoms with van der Waals surface area (Å²) in [5, 5.41) is 9.31. The Morgan fingerprint density at radius 1 is 1.53 bits per heavy atom. The van der Waals surface area contributed by atoms with Gasteiger partial charge >= 0.3 is 5.97 Å². The molecular weight excluding hydrogens is 198 g/mol. The van der Waals surface area contributed by atoms with Crippen LogP contribution in [0.5, 0.6) is 5.75 Å². The third-order valence-corrected chi connectivity index (χ3v) is 1.61. The van der Waals surface area contributed by atoms with Crippen LogP contribution in [0.4, 0.5) is 0 Å². The maximum Gasteiger partial charge on any atom is 0.366 e. The van der Waals surface area contributed by atoms with Crippen molar-refractivity contribution in [2.24, 2.45) is 10.7 Å². The van der Waals surface area contributed by atoms with E-state index >= 15 is 0 Å². The van der Waals surface area contributed by atoms with Gasteiger partial charge in [0, 0.05) is 7.05 Å². The molecule has 0 unspecified atom stereocenters. The van der Waals surface area contributed by atoms with E-state index in [1.807, 2.05) is 0 Å². The van der Waals surface area contributed by atoms with Crippen LogP contribution in [0, 0.1) is 0 Å². The summed E-state index contributed by atoms with van der Waals surface area (Å²) in [7, 11) is 1.44. The average Bonchev–Trinajstić information content (AvgIpc) is 2.26. The number of phenolic OH excluding ortho intramolecular Hbond substituents is 1. The van der Waals surface area contributed by atoms with E-state index in [9.17, 15) is 9.90 Å². The van der Waals surface area contributed by atoms with Crippen LogP contribution in [0.25, 0.3) is 0 Å². The highest BCUT2D eigenvalue weighted by atomic mass is 16.7. The molecule has 0 amide bonds. The molecule has 0 aliphatic rings. The number of carbonyl (C=O) groups is 1. The maximum atomic E-state index is 11.3. The summed E-state index contributed by atoms with van der Waals surface area (Å²) in [5.74, 6) is -0.922. The fourth-order valence-corrected chi connectivity index (χ4v) is 0.846. The number of phenols is 1. The molecule has 0 saturated heterocycles. The highest BCUT2D eigenvalue weighted by Crippen LogP contribution is 2.15. The molecule has 0 aliphatic carbocycles. The minimum Gasteiger partial charge on any atom is -0.507 e. The Labute approximate surface area is 86.3 Å². The van der Waals surface area contributed by atoms with Crippen molar-refractivity contribution in [1.29, 1.82) is 0 Å². The molecule has 0 aromatic heterocycles. The number of nitrogens with two attached hydrogens (primary N) is 1. The van der Waals surface area contributed by atoms with Gasteiger partial charge in [-0.1, -0.05) is 12.1 Å². The molecule has 0 atom stereocenters. The van der Waals surface area contributed by atoms with Gasteiger partial charge in [-0.25, -0.2) is 4.79 Å².